The van der Waals surface area contributed by atoms with Gasteiger partial charge in [-0.2, -0.15) is 0 Å². The van der Waals surface area contributed by atoms with Crippen LogP contribution in [0.5, 0.6) is 0 Å². The van der Waals surface area contributed by atoms with Gasteiger partial charge in [0.1, 0.15) is 0 Å². The lowest BCUT2D eigenvalue weighted by molar-refractivity contribution is 0.633. The van der Waals surface area contributed by atoms with Gasteiger partial charge in [-0.3, -0.25) is 0 Å². The van der Waals surface area contributed by atoms with Gasteiger partial charge in [-0.1, -0.05) is 243 Å². The summed E-state index contributed by atoms with van der Waals surface area (Å²) in [6.45, 7) is 0. The van der Waals surface area contributed by atoms with Crippen molar-refractivity contribution in [3.05, 3.63) is 311 Å². The molecule has 4 nitrogen and oxygen atoms in total. The number of hydrogen-bond acceptors (Lipinski definition) is 4. The lowest BCUT2D eigenvalue weighted by Crippen LogP contribution is -2.44. The molecule has 344 valence electrons. The maximum atomic E-state index is 5.44. The van der Waals surface area contributed by atoms with E-state index in [1.165, 1.54) is 66.8 Å². The molecule has 4 heteroatoms. The lowest BCUT2D eigenvalue weighted by Gasteiger charge is -2.49. The van der Waals surface area contributed by atoms with Crippen molar-refractivity contribution < 1.29 is 0 Å². The number of fused-ring (bicyclic) bond motifs is 16. The largest absolute Gasteiger partial charge is 0.228 e. The van der Waals surface area contributed by atoms with Gasteiger partial charge < -0.3 is 0 Å². The monoisotopic (exact) mass is 940 g/mol. The van der Waals surface area contributed by atoms with Gasteiger partial charge >= 0.3 is 0 Å². The molecule has 0 unspecified atom stereocenters. The van der Waals surface area contributed by atoms with E-state index in [4.69, 9.17) is 19.9 Å². The molecule has 15 rings (SSSR count). The van der Waals surface area contributed by atoms with Crippen molar-refractivity contribution in [2.24, 2.45) is 0 Å². The molecule has 0 bridgehead atoms. The highest BCUT2D eigenvalue weighted by Gasteiger charge is 2.59. The van der Waals surface area contributed by atoms with E-state index in [1.807, 2.05) is 12.1 Å². The minimum absolute atomic E-state index is 0.689. The first-order valence-corrected chi connectivity index (χ1v) is 25.4. The molecule has 0 radical (unpaired) electrons. The van der Waals surface area contributed by atoms with Crippen LogP contribution in [-0.4, -0.2) is 19.9 Å². The molecule has 2 spiro atoms. The minimum Gasteiger partial charge on any atom is -0.228 e. The summed E-state index contributed by atoms with van der Waals surface area (Å²) in [7, 11) is 0. The zero-order valence-corrected chi connectivity index (χ0v) is 40.2. The molecule has 0 N–H and O–H groups in total. The highest BCUT2D eigenvalue weighted by Crippen LogP contribution is 2.68. The average Bonchev–Trinajstić information content (AvgIpc) is 3.97. The molecule has 10 aromatic carbocycles. The van der Waals surface area contributed by atoms with Crippen LogP contribution in [0.15, 0.2) is 267 Å². The van der Waals surface area contributed by atoms with Crippen molar-refractivity contribution >= 4 is 0 Å². The quantitative estimate of drug-likeness (QED) is 0.167. The van der Waals surface area contributed by atoms with Gasteiger partial charge in [0.15, 0.2) is 11.6 Å². The van der Waals surface area contributed by atoms with Crippen LogP contribution < -0.4 is 0 Å². The fraction of sp³-hybridized carbons (Fsp3) is 0.0286. The molecule has 2 aromatic heterocycles. The topological polar surface area (TPSA) is 51.6 Å². The summed E-state index contributed by atoms with van der Waals surface area (Å²) in [5.74, 6) is 1.38. The van der Waals surface area contributed by atoms with E-state index in [2.05, 4.69) is 255 Å². The highest BCUT2D eigenvalue weighted by atomic mass is 14.9. The third-order valence-electron chi connectivity index (χ3n) is 15.8. The van der Waals surface area contributed by atoms with Crippen molar-refractivity contribution in [1.82, 2.24) is 19.9 Å². The molecule has 0 aliphatic heterocycles. The maximum absolute atomic E-state index is 5.44. The van der Waals surface area contributed by atoms with E-state index < -0.39 is 10.8 Å². The fourth-order valence-corrected chi connectivity index (χ4v) is 12.7. The normalized spacial score (nSPS) is 13.6. The molecule has 2 heterocycles. The molecule has 0 atom stereocenters. The molecule has 0 saturated carbocycles. The van der Waals surface area contributed by atoms with E-state index in [1.54, 1.807) is 0 Å². The Balaban J connectivity index is 1.07. The van der Waals surface area contributed by atoms with Crippen molar-refractivity contribution in [1.29, 1.82) is 0 Å². The van der Waals surface area contributed by atoms with Gasteiger partial charge in [0.05, 0.1) is 33.6 Å². The molecule has 3 aliphatic rings. The van der Waals surface area contributed by atoms with Gasteiger partial charge in [0, 0.05) is 33.4 Å². The highest BCUT2D eigenvalue weighted by molar-refractivity contribution is 5.95. The second-order valence-corrected chi connectivity index (χ2v) is 19.6. The van der Waals surface area contributed by atoms with Gasteiger partial charge in [0.25, 0.3) is 0 Å². The Kier molecular flexibility index (Phi) is 9.36. The lowest BCUT2D eigenvalue weighted by atomic mass is 9.52. The summed E-state index contributed by atoms with van der Waals surface area (Å²) < 4.78 is 0. The summed E-state index contributed by atoms with van der Waals surface area (Å²) >= 11 is 0. The SMILES string of the molecule is c1ccc(-c2cc(-c3ccc4c(c3)C3(c5ccccc5-c5ccccc53)c3ccc(-c5cc(-c6ccccc6)nc(-c6ccccc6)n5)cc3C43c4ccccc4-c4ccccc43)nc(-c3ccccc3)n2)cc1. The fourth-order valence-electron chi connectivity index (χ4n) is 12.7. The van der Waals surface area contributed by atoms with Crippen LogP contribution in [0.25, 0.3) is 90.1 Å². The van der Waals surface area contributed by atoms with Crippen molar-refractivity contribution in [2.75, 3.05) is 0 Å². The van der Waals surface area contributed by atoms with Gasteiger partial charge in [-0.25, -0.2) is 19.9 Å². The summed E-state index contributed by atoms with van der Waals surface area (Å²) in [6.07, 6.45) is 0. The Morgan fingerprint density at radius 3 is 0.784 bits per heavy atom. The third-order valence-corrected chi connectivity index (χ3v) is 15.8. The smallest absolute Gasteiger partial charge is 0.160 e. The standard InChI is InChI=1S/C70H44N4/c1-5-21-45(22-6-1)63-43-65(73-67(71-63)47-25-9-3-10-26-47)49-37-39-59-61(41-49)69(55-33-17-13-29-51(55)52-30-14-18-34-56(52)69)60-40-38-50(42-62(60)70(59)57-35-19-15-31-53(57)54-32-16-20-36-58(54)70)66-44-64(46-23-7-2-8-24-46)72-68(74-66)48-27-11-4-12-28-48/h1-44H. The minimum atomic E-state index is -0.724. The maximum Gasteiger partial charge on any atom is 0.160 e. The van der Waals surface area contributed by atoms with Crippen LogP contribution in [0.4, 0.5) is 0 Å². The Morgan fingerprint density at radius 1 is 0.189 bits per heavy atom. The van der Waals surface area contributed by atoms with Crippen molar-refractivity contribution in [3.8, 4) is 90.1 Å². The summed E-state index contributed by atoms with van der Waals surface area (Å²) in [5.41, 5.74) is 23.1. The summed E-state index contributed by atoms with van der Waals surface area (Å²) in [5, 5.41) is 0. The van der Waals surface area contributed by atoms with Crippen molar-refractivity contribution in [3.63, 3.8) is 0 Å². The molecule has 12 aromatic rings. The molecular weight excluding hydrogens is 897 g/mol. The van der Waals surface area contributed by atoms with Gasteiger partial charge in [0.2, 0.25) is 0 Å². The van der Waals surface area contributed by atoms with Crippen molar-refractivity contribution in [2.45, 2.75) is 10.8 Å². The second-order valence-electron chi connectivity index (χ2n) is 19.6. The molecule has 3 aliphatic carbocycles. The van der Waals surface area contributed by atoms with Crippen LogP contribution in [0.3, 0.4) is 0 Å². The molecule has 0 saturated heterocycles. The van der Waals surface area contributed by atoms with Crippen LogP contribution >= 0.6 is 0 Å². The number of hydrogen-bond donors (Lipinski definition) is 0. The predicted molar refractivity (Wildman–Crippen MR) is 298 cm³/mol. The number of benzene rings is 10. The second kappa shape index (κ2) is 16.5. The Morgan fingerprint density at radius 2 is 0.459 bits per heavy atom. The molecular formula is C70H44N4. The zero-order chi connectivity index (χ0) is 48.8. The molecule has 74 heavy (non-hydrogen) atoms. The third kappa shape index (κ3) is 6.09. The first kappa shape index (κ1) is 42.1. The molecule has 0 fully saturated rings. The van der Waals surface area contributed by atoms with Gasteiger partial charge in [-0.05, 0) is 91.0 Å². The Bertz CT molecular complexity index is 3710. The van der Waals surface area contributed by atoms with E-state index in [9.17, 15) is 0 Å². The number of nitrogens with zero attached hydrogens (tertiary/aromatic N) is 4. The van der Waals surface area contributed by atoms with E-state index >= 15 is 0 Å². The Hall–Kier alpha value is -9.64. The summed E-state index contributed by atoms with van der Waals surface area (Å²) in [6, 6.07) is 96.7. The van der Waals surface area contributed by atoms with E-state index in [0.29, 0.717) is 11.6 Å². The average molecular weight is 941 g/mol. The molecule has 0 amide bonds. The number of aromatic nitrogens is 4. The van der Waals surface area contributed by atoms with Gasteiger partial charge in [-0.15, -0.1) is 0 Å². The first-order chi connectivity index (χ1) is 36.7. The summed E-state index contributed by atoms with van der Waals surface area (Å²) in [4.78, 5) is 21.3. The Labute approximate surface area is 430 Å². The van der Waals surface area contributed by atoms with Crippen LogP contribution in [0.2, 0.25) is 0 Å². The van der Waals surface area contributed by atoms with E-state index in [-0.39, 0.29) is 0 Å². The van der Waals surface area contributed by atoms with Crippen LogP contribution in [0, 0.1) is 0 Å². The first-order valence-electron chi connectivity index (χ1n) is 25.4. The predicted octanol–water partition coefficient (Wildman–Crippen LogP) is 16.3. The zero-order valence-electron chi connectivity index (χ0n) is 40.2. The number of rotatable bonds is 6. The van der Waals surface area contributed by atoms with E-state index in [0.717, 1.165) is 56.2 Å². The van der Waals surface area contributed by atoms with Crippen LogP contribution in [0.1, 0.15) is 44.5 Å². The van der Waals surface area contributed by atoms with Crippen LogP contribution in [-0.2, 0) is 10.8 Å².